The van der Waals surface area contributed by atoms with E-state index >= 15 is 0 Å². The van der Waals surface area contributed by atoms with Crippen molar-refractivity contribution in [3.8, 4) is 0 Å². The summed E-state index contributed by atoms with van der Waals surface area (Å²) in [6.07, 6.45) is 0.384. The van der Waals surface area contributed by atoms with E-state index in [1.165, 1.54) is 5.56 Å². The van der Waals surface area contributed by atoms with Crippen LogP contribution in [0.3, 0.4) is 0 Å². The van der Waals surface area contributed by atoms with Gasteiger partial charge < -0.3 is 11.1 Å². The van der Waals surface area contributed by atoms with E-state index in [2.05, 4.69) is 36.3 Å². The second kappa shape index (κ2) is 7.92. The Labute approximate surface area is 116 Å². The van der Waals surface area contributed by atoms with Gasteiger partial charge in [0.05, 0.1) is 0 Å². The predicted octanol–water partition coefficient (Wildman–Crippen LogP) is 1.36. The van der Waals surface area contributed by atoms with Crippen LogP contribution in [0.25, 0.3) is 0 Å². The first-order chi connectivity index (χ1) is 8.99. The van der Waals surface area contributed by atoms with Gasteiger partial charge in [-0.2, -0.15) is 0 Å². The average Bonchev–Trinajstić information content (AvgIpc) is 2.36. The summed E-state index contributed by atoms with van der Waals surface area (Å²) in [4.78, 5) is 13.8. The molecule has 0 heterocycles. The fourth-order valence-corrected chi connectivity index (χ4v) is 1.81. The van der Waals surface area contributed by atoms with Crippen LogP contribution in [0.5, 0.6) is 0 Å². The van der Waals surface area contributed by atoms with E-state index < -0.39 is 0 Å². The number of hydrogen-bond acceptors (Lipinski definition) is 3. The first-order valence-corrected chi connectivity index (χ1v) is 6.75. The lowest BCUT2D eigenvalue weighted by atomic mass is 10.2. The summed E-state index contributed by atoms with van der Waals surface area (Å²) in [6.45, 7) is 5.47. The summed E-state index contributed by atoms with van der Waals surface area (Å²) in [5, 5.41) is 2.92. The summed E-state index contributed by atoms with van der Waals surface area (Å²) < 4.78 is 0. The van der Waals surface area contributed by atoms with Crippen molar-refractivity contribution in [2.75, 3.05) is 13.6 Å². The molecule has 1 rings (SSSR count). The third kappa shape index (κ3) is 6.36. The lowest BCUT2D eigenvalue weighted by Crippen LogP contribution is -2.41. The molecule has 0 aliphatic carbocycles. The summed E-state index contributed by atoms with van der Waals surface area (Å²) in [5.74, 6) is 0.0231. The van der Waals surface area contributed by atoms with Gasteiger partial charge in [-0.1, -0.05) is 30.3 Å². The highest BCUT2D eigenvalue weighted by atomic mass is 16.1. The molecule has 0 bridgehead atoms. The van der Waals surface area contributed by atoms with Crippen molar-refractivity contribution in [3.05, 3.63) is 35.9 Å². The lowest BCUT2D eigenvalue weighted by molar-refractivity contribution is -0.121. The number of nitrogens with one attached hydrogen (secondary N) is 1. The Balaban J connectivity index is 2.33. The van der Waals surface area contributed by atoms with Gasteiger partial charge >= 0.3 is 0 Å². The number of benzene rings is 1. The van der Waals surface area contributed by atoms with Gasteiger partial charge in [0, 0.05) is 31.6 Å². The van der Waals surface area contributed by atoms with Crippen molar-refractivity contribution >= 4 is 5.91 Å². The largest absolute Gasteiger partial charge is 0.354 e. The maximum atomic E-state index is 11.5. The van der Waals surface area contributed by atoms with Crippen LogP contribution in [0.4, 0.5) is 0 Å². The molecule has 0 aromatic heterocycles. The Morgan fingerprint density at radius 3 is 2.53 bits per heavy atom. The molecule has 2 atom stereocenters. The normalized spacial score (nSPS) is 14.2. The highest BCUT2D eigenvalue weighted by Crippen LogP contribution is 2.05. The topological polar surface area (TPSA) is 58.4 Å². The van der Waals surface area contributed by atoms with Gasteiger partial charge in [-0.15, -0.1) is 0 Å². The van der Waals surface area contributed by atoms with E-state index in [0.29, 0.717) is 13.0 Å². The molecule has 1 amide bonds. The van der Waals surface area contributed by atoms with Crippen molar-refractivity contribution in [1.29, 1.82) is 0 Å². The van der Waals surface area contributed by atoms with E-state index in [0.717, 1.165) is 6.54 Å². The molecular weight excluding hydrogens is 238 g/mol. The molecular formula is C15H25N3O. The Morgan fingerprint density at radius 1 is 1.32 bits per heavy atom. The van der Waals surface area contributed by atoms with Gasteiger partial charge in [-0.25, -0.2) is 0 Å². The second-order valence-corrected chi connectivity index (χ2v) is 5.24. The van der Waals surface area contributed by atoms with Gasteiger partial charge in [-0.05, 0) is 26.5 Å². The van der Waals surface area contributed by atoms with Crippen LogP contribution in [-0.2, 0) is 11.3 Å². The molecule has 0 spiro atoms. The predicted molar refractivity (Wildman–Crippen MR) is 78.6 cm³/mol. The summed E-state index contributed by atoms with van der Waals surface area (Å²) in [7, 11) is 2.06. The number of carbonyl (C=O) groups is 1. The monoisotopic (exact) mass is 263 g/mol. The number of hydrogen-bond donors (Lipinski definition) is 2. The fraction of sp³-hybridized carbons (Fsp3) is 0.533. The number of nitrogens with zero attached hydrogens (tertiary/aromatic N) is 1. The molecule has 0 saturated carbocycles. The Morgan fingerprint density at radius 2 is 1.95 bits per heavy atom. The summed E-state index contributed by atoms with van der Waals surface area (Å²) in [5.41, 5.74) is 6.87. The minimum atomic E-state index is -0.0858. The Bertz CT molecular complexity index is 378. The Kier molecular flexibility index (Phi) is 6.53. The molecule has 1 aromatic carbocycles. The van der Waals surface area contributed by atoms with Crippen LogP contribution >= 0.6 is 0 Å². The molecule has 4 nitrogen and oxygen atoms in total. The van der Waals surface area contributed by atoms with E-state index in [1.54, 1.807) is 0 Å². The smallest absolute Gasteiger partial charge is 0.221 e. The SMILES string of the molecule is CC(N)CC(=O)NCC(C)N(C)Cc1ccccc1. The van der Waals surface area contributed by atoms with Crippen LogP contribution in [0, 0.1) is 0 Å². The number of carbonyl (C=O) groups excluding carboxylic acids is 1. The number of rotatable bonds is 7. The average molecular weight is 263 g/mol. The first kappa shape index (κ1) is 15.7. The molecule has 1 aromatic rings. The van der Waals surface area contributed by atoms with Crippen LogP contribution in [0.2, 0.25) is 0 Å². The van der Waals surface area contributed by atoms with Gasteiger partial charge in [0.2, 0.25) is 5.91 Å². The van der Waals surface area contributed by atoms with E-state index in [1.807, 2.05) is 25.1 Å². The van der Waals surface area contributed by atoms with Crippen LogP contribution in [-0.4, -0.2) is 36.5 Å². The van der Waals surface area contributed by atoms with E-state index in [-0.39, 0.29) is 18.0 Å². The standard InChI is InChI=1S/C15H25N3O/c1-12(16)9-15(19)17-10-13(2)18(3)11-14-7-5-4-6-8-14/h4-8,12-13H,9-11,16H2,1-3H3,(H,17,19). The van der Waals surface area contributed by atoms with E-state index in [9.17, 15) is 4.79 Å². The van der Waals surface area contributed by atoms with Crippen LogP contribution in [0.1, 0.15) is 25.8 Å². The molecule has 2 unspecified atom stereocenters. The third-order valence-corrected chi connectivity index (χ3v) is 3.13. The van der Waals surface area contributed by atoms with Gasteiger partial charge in [0.15, 0.2) is 0 Å². The van der Waals surface area contributed by atoms with Crippen LogP contribution in [0.15, 0.2) is 30.3 Å². The van der Waals surface area contributed by atoms with Crippen molar-refractivity contribution in [3.63, 3.8) is 0 Å². The van der Waals surface area contributed by atoms with Crippen LogP contribution < -0.4 is 11.1 Å². The van der Waals surface area contributed by atoms with Gasteiger partial charge in [0.25, 0.3) is 0 Å². The highest BCUT2D eigenvalue weighted by Gasteiger charge is 2.11. The highest BCUT2D eigenvalue weighted by molar-refractivity contribution is 5.76. The van der Waals surface area contributed by atoms with Crippen molar-refractivity contribution in [2.24, 2.45) is 5.73 Å². The first-order valence-electron chi connectivity index (χ1n) is 6.75. The number of likely N-dealkylation sites (N-methyl/N-ethyl adjacent to an activating group) is 1. The van der Waals surface area contributed by atoms with Gasteiger partial charge in [-0.3, -0.25) is 9.69 Å². The van der Waals surface area contributed by atoms with E-state index in [4.69, 9.17) is 5.73 Å². The summed E-state index contributed by atoms with van der Waals surface area (Å²) in [6, 6.07) is 10.5. The zero-order valence-corrected chi connectivity index (χ0v) is 12.1. The maximum absolute atomic E-state index is 11.5. The number of amides is 1. The molecule has 0 radical (unpaired) electrons. The zero-order chi connectivity index (χ0) is 14.3. The number of nitrogens with two attached hydrogens (primary N) is 1. The fourth-order valence-electron chi connectivity index (χ4n) is 1.81. The molecule has 3 N–H and O–H groups in total. The minimum Gasteiger partial charge on any atom is -0.354 e. The molecule has 106 valence electrons. The van der Waals surface area contributed by atoms with Crippen molar-refractivity contribution in [1.82, 2.24) is 10.2 Å². The second-order valence-electron chi connectivity index (χ2n) is 5.24. The zero-order valence-electron chi connectivity index (χ0n) is 12.1. The molecule has 19 heavy (non-hydrogen) atoms. The molecule has 4 heteroatoms. The molecule has 0 saturated heterocycles. The Hall–Kier alpha value is -1.39. The van der Waals surface area contributed by atoms with Crippen molar-refractivity contribution < 1.29 is 4.79 Å². The molecule has 0 aliphatic heterocycles. The molecule has 0 aliphatic rings. The van der Waals surface area contributed by atoms with Crippen molar-refractivity contribution in [2.45, 2.75) is 38.9 Å². The minimum absolute atomic E-state index is 0.0231. The quantitative estimate of drug-likeness (QED) is 0.781. The third-order valence-electron chi connectivity index (χ3n) is 3.13. The molecule has 0 fully saturated rings. The summed E-state index contributed by atoms with van der Waals surface area (Å²) >= 11 is 0. The maximum Gasteiger partial charge on any atom is 0.221 e. The lowest BCUT2D eigenvalue weighted by Gasteiger charge is -2.25. The van der Waals surface area contributed by atoms with Gasteiger partial charge in [0.1, 0.15) is 0 Å².